The number of fused-ring (bicyclic) bond motifs is 3. The third-order valence-electron chi connectivity index (χ3n) is 5.57. The molecule has 0 atom stereocenters. The average Bonchev–Trinajstić information content (AvgIpc) is 3.04. The molecule has 2 amide bonds. The fourth-order valence-corrected chi connectivity index (χ4v) is 4.24. The van der Waals surface area contributed by atoms with Crippen LogP contribution in [0.3, 0.4) is 0 Å². The second-order valence-electron chi connectivity index (χ2n) is 9.06. The van der Waals surface area contributed by atoms with E-state index in [4.69, 9.17) is 0 Å². The van der Waals surface area contributed by atoms with Gasteiger partial charge in [0.05, 0.1) is 11.3 Å². The van der Waals surface area contributed by atoms with Gasteiger partial charge in [-0.1, -0.05) is 13.8 Å². The predicted octanol–water partition coefficient (Wildman–Crippen LogP) is 4.75. The lowest BCUT2D eigenvalue weighted by Crippen LogP contribution is -2.37. The highest BCUT2D eigenvalue weighted by Crippen LogP contribution is 2.40. The van der Waals surface area contributed by atoms with Crippen molar-refractivity contribution < 1.29 is 18.4 Å². The normalized spacial score (nSPS) is 15.3. The van der Waals surface area contributed by atoms with E-state index in [1.807, 2.05) is 27.7 Å². The van der Waals surface area contributed by atoms with Gasteiger partial charge in [-0.25, -0.2) is 8.78 Å². The van der Waals surface area contributed by atoms with Crippen LogP contribution in [0.4, 0.5) is 8.78 Å². The van der Waals surface area contributed by atoms with Gasteiger partial charge in [0.1, 0.15) is 11.6 Å². The highest BCUT2D eigenvalue weighted by Gasteiger charge is 2.37. The number of aromatic amines is 1. The first-order valence-electron chi connectivity index (χ1n) is 10.5. The fourth-order valence-electron chi connectivity index (χ4n) is 4.24. The van der Waals surface area contributed by atoms with Gasteiger partial charge in [-0.15, -0.1) is 0 Å². The third-order valence-corrected chi connectivity index (χ3v) is 5.57. The zero-order valence-corrected chi connectivity index (χ0v) is 18.4. The molecule has 166 valence electrons. The highest BCUT2D eigenvalue weighted by atomic mass is 19.1. The molecule has 0 unspecified atom stereocenters. The fraction of sp³-hybridized carbons (Fsp3) is 0.280. The number of nitrogens with zero attached hydrogens (tertiary/aromatic N) is 1. The lowest BCUT2D eigenvalue weighted by atomic mass is 9.81. The highest BCUT2D eigenvalue weighted by molar-refractivity contribution is 6.21. The molecule has 3 aromatic rings. The van der Waals surface area contributed by atoms with Crippen molar-refractivity contribution in [3.05, 3.63) is 77.1 Å². The molecule has 0 fully saturated rings. The Kier molecular flexibility index (Phi) is 5.36. The van der Waals surface area contributed by atoms with E-state index in [9.17, 15) is 18.4 Å². The number of rotatable bonds is 3. The van der Waals surface area contributed by atoms with Crippen LogP contribution in [0.25, 0.3) is 16.5 Å². The van der Waals surface area contributed by atoms with E-state index < -0.39 is 11.2 Å². The SMILES string of the molecule is CC(C)NC(=O)C1=CN(C(=O)c2ccc(F)cc2)CC(C)(C)c2c1[nH]c1ccc(F)cc21. The Labute approximate surface area is 185 Å². The van der Waals surface area contributed by atoms with Gasteiger partial charge < -0.3 is 15.2 Å². The van der Waals surface area contributed by atoms with Crippen molar-refractivity contribution in [2.75, 3.05) is 6.54 Å². The molecule has 7 heteroatoms. The summed E-state index contributed by atoms with van der Waals surface area (Å²) in [5.74, 6) is -1.51. The summed E-state index contributed by atoms with van der Waals surface area (Å²) in [4.78, 5) is 31.2. The Morgan fingerprint density at radius 3 is 2.38 bits per heavy atom. The summed E-state index contributed by atoms with van der Waals surface area (Å²) in [5.41, 5.74) is 2.02. The topological polar surface area (TPSA) is 65.2 Å². The Bertz CT molecular complexity index is 1240. The lowest BCUT2D eigenvalue weighted by Gasteiger charge is -2.29. The molecule has 2 heterocycles. The van der Waals surface area contributed by atoms with E-state index in [1.54, 1.807) is 6.07 Å². The second kappa shape index (κ2) is 7.89. The van der Waals surface area contributed by atoms with Crippen molar-refractivity contribution in [2.24, 2.45) is 0 Å². The molecule has 0 spiro atoms. The van der Waals surface area contributed by atoms with E-state index in [0.717, 1.165) is 5.56 Å². The minimum absolute atomic E-state index is 0.119. The molecule has 0 bridgehead atoms. The molecule has 0 saturated heterocycles. The van der Waals surface area contributed by atoms with Crippen LogP contribution in [0.5, 0.6) is 0 Å². The quantitative estimate of drug-likeness (QED) is 0.621. The van der Waals surface area contributed by atoms with Crippen LogP contribution in [-0.4, -0.2) is 34.3 Å². The van der Waals surface area contributed by atoms with Crippen molar-refractivity contribution in [1.29, 1.82) is 0 Å². The van der Waals surface area contributed by atoms with Crippen LogP contribution < -0.4 is 5.32 Å². The first kappa shape index (κ1) is 21.7. The molecular weight excluding hydrogens is 412 g/mol. The molecule has 1 aromatic heterocycles. The Morgan fingerprint density at radius 2 is 1.72 bits per heavy atom. The number of aromatic nitrogens is 1. The van der Waals surface area contributed by atoms with Gasteiger partial charge in [0.15, 0.2) is 0 Å². The van der Waals surface area contributed by atoms with Crippen molar-refractivity contribution in [3.8, 4) is 0 Å². The van der Waals surface area contributed by atoms with E-state index in [-0.39, 0.29) is 35.8 Å². The molecule has 1 aliphatic heterocycles. The third kappa shape index (κ3) is 3.90. The van der Waals surface area contributed by atoms with Gasteiger partial charge in [0, 0.05) is 40.7 Å². The average molecular weight is 437 g/mol. The van der Waals surface area contributed by atoms with Crippen LogP contribution in [0, 0.1) is 11.6 Å². The molecular formula is C25H25F2N3O2. The number of H-pyrrole nitrogens is 1. The minimum atomic E-state index is -0.618. The summed E-state index contributed by atoms with van der Waals surface area (Å²) in [6.07, 6.45) is 1.53. The predicted molar refractivity (Wildman–Crippen MR) is 120 cm³/mol. The first-order valence-corrected chi connectivity index (χ1v) is 10.5. The Hall–Kier alpha value is -3.48. The molecule has 32 heavy (non-hydrogen) atoms. The van der Waals surface area contributed by atoms with Gasteiger partial charge >= 0.3 is 0 Å². The standard InChI is InChI=1S/C25H25F2N3O2/c1-14(2)28-23(31)19-12-30(24(32)15-5-7-16(26)8-6-15)13-25(3,4)21-18-11-17(27)9-10-20(18)29-22(19)21/h5-12,14,29H,13H2,1-4H3,(H,28,31). The summed E-state index contributed by atoms with van der Waals surface area (Å²) >= 11 is 0. The van der Waals surface area contributed by atoms with E-state index in [1.165, 1.54) is 47.5 Å². The summed E-state index contributed by atoms with van der Waals surface area (Å²) < 4.78 is 27.5. The lowest BCUT2D eigenvalue weighted by molar-refractivity contribution is -0.116. The molecule has 0 radical (unpaired) electrons. The van der Waals surface area contributed by atoms with Crippen molar-refractivity contribution in [3.63, 3.8) is 0 Å². The van der Waals surface area contributed by atoms with Crippen LogP contribution in [0.15, 0.2) is 48.7 Å². The summed E-state index contributed by atoms with van der Waals surface area (Å²) in [6, 6.07) is 9.63. The van der Waals surface area contributed by atoms with Gasteiger partial charge in [-0.05, 0) is 61.9 Å². The van der Waals surface area contributed by atoms with Crippen LogP contribution in [0.2, 0.25) is 0 Å². The number of benzene rings is 2. The number of carbonyl (C=O) groups excluding carboxylic acids is 2. The summed E-state index contributed by atoms with van der Waals surface area (Å²) in [6.45, 7) is 7.85. The number of hydrogen-bond donors (Lipinski definition) is 2. The van der Waals surface area contributed by atoms with E-state index in [2.05, 4.69) is 10.3 Å². The molecule has 0 saturated carbocycles. The van der Waals surface area contributed by atoms with Crippen LogP contribution in [0.1, 0.15) is 49.3 Å². The monoisotopic (exact) mass is 437 g/mol. The van der Waals surface area contributed by atoms with Crippen molar-refractivity contribution in [2.45, 2.75) is 39.2 Å². The Balaban J connectivity index is 1.90. The Morgan fingerprint density at radius 1 is 1.06 bits per heavy atom. The molecule has 2 N–H and O–H groups in total. The molecule has 1 aliphatic rings. The molecule has 0 aliphatic carbocycles. The second-order valence-corrected chi connectivity index (χ2v) is 9.06. The minimum Gasteiger partial charge on any atom is -0.354 e. The van der Waals surface area contributed by atoms with E-state index in [0.29, 0.717) is 22.2 Å². The van der Waals surface area contributed by atoms with Gasteiger partial charge in [0.2, 0.25) is 0 Å². The van der Waals surface area contributed by atoms with Crippen LogP contribution in [-0.2, 0) is 10.2 Å². The smallest absolute Gasteiger partial charge is 0.257 e. The molecule has 4 rings (SSSR count). The van der Waals surface area contributed by atoms with Gasteiger partial charge in [-0.3, -0.25) is 9.59 Å². The van der Waals surface area contributed by atoms with Crippen molar-refractivity contribution in [1.82, 2.24) is 15.2 Å². The van der Waals surface area contributed by atoms with Gasteiger partial charge in [0.25, 0.3) is 11.8 Å². The number of hydrogen-bond acceptors (Lipinski definition) is 2. The zero-order chi connectivity index (χ0) is 23.2. The first-order chi connectivity index (χ1) is 15.1. The number of carbonyl (C=O) groups is 2. The number of nitrogens with one attached hydrogen (secondary N) is 2. The maximum atomic E-state index is 14.1. The summed E-state index contributed by atoms with van der Waals surface area (Å²) in [5, 5.41) is 3.55. The maximum absolute atomic E-state index is 14.1. The van der Waals surface area contributed by atoms with Crippen molar-refractivity contribution >= 4 is 28.3 Å². The zero-order valence-electron chi connectivity index (χ0n) is 18.4. The van der Waals surface area contributed by atoms with Crippen LogP contribution >= 0.6 is 0 Å². The summed E-state index contributed by atoms with van der Waals surface area (Å²) in [7, 11) is 0. The number of halogens is 2. The largest absolute Gasteiger partial charge is 0.354 e. The maximum Gasteiger partial charge on any atom is 0.257 e. The molecule has 2 aromatic carbocycles. The van der Waals surface area contributed by atoms with Gasteiger partial charge in [-0.2, -0.15) is 0 Å². The van der Waals surface area contributed by atoms with E-state index >= 15 is 0 Å². The number of amides is 2. The molecule has 5 nitrogen and oxygen atoms in total.